The second-order valence-corrected chi connectivity index (χ2v) is 5.92. The van der Waals surface area contributed by atoms with Crippen LogP contribution < -0.4 is 0 Å². The van der Waals surface area contributed by atoms with Crippen molar-refractivity contribution in [1.82, 2.24) is 4.90 Å². The summed E-state index contributed by atoms with van der Waals surface area (Å²) < 4.78 is 13.7. The number of hydrogen-bond acceptors (Lipinski definition) is 2. The van der Waals surface area contributed by atoms with Gasteiger partial charge in [0.05, 0.1) is 6.61 Å². The van der Waals surface area contributed by atoms with Crippen LogP contribution in [0.4, 0.5) is 4.39 Å². The molecular formula is C18H24FNO. The summed E-state index contributed by atoms with van der Waals surface area (Å²) in [6.45, 7) is 5.31. The highest BCUT2D eigenvalue weighted by molar-refractivity contribution is 5.37. The molecule has 0 radical (unpaired) electrons. The zero-order chi connectivity index (χ0) is 15.2. The van der Waals surface area contributed by atoms with Crippen molar-refractivity contribution in [3.8, 4) is 11.8 Å². The minimum atomic E-state index is -0.238. The van der Waals surface area contributed by atoms with E-state index >= 15 is 0 Å². The summed E-state index contributed by atoms with van der Waals surface area (Å²) in [5, 5.41) is 8.74. The van der Waals surface area contributed by atoms with E-state index < -0.39 is 0 Å². The molecule has 0 bridgehead atoms. The van der Waals surface area contributed by atoms with E-state index in [0.29, 0.717) is 24.1 Å². The van der Waals surface area contributed by atoms with Crippen LogP contribution in [-0.4, -0.2) is 28.7 Å². The number of benzene rings is 1. The van der Waals surface area contributed by atoms with Crippen LogP contribution in [0.2, 0.25) is 0 Å². The quantitative estimate of drug-likeness (QED) is 0.863. The average molecular weight is 289 g/mol. The second kappa shape index (κ2) is 7.59. The van der Waals surface area contributed by atoms with Gasteiger partial charge in [-0.15, -0.1) is 0 Å². The van der Waals surface area contributed by atoms with E-state index in [-0.39, 0.29) is 12.4 Å². The highest BCUT2D eigenvalue weighted by Gasteiger charge is 2.24. The van der Waals surface area contributed by atoms with Crippen LogP contribution in [0.3, 0.4) is 0 Å². The molecule has 1 saturated heterocycles. The molecule has 2 atom stereocenters. The van der Waals surface area contributed by atoms with Crippen molar-refractivity contribution in [3.05, 3.63) is 35.1 Å². The van der Waals surface area contributed by atoms with Crippen LogP contribution >= 0.6 is 0 Å². The van der Waals surface area contributed by atoms with Gasteiger partial charge in [0.25, 0.3) is 0 Å². The van der Waals surface area contributed by atoms with Crippen molar-refractivity contribution in [1.29, 1.82) is 0 Å². The van der Waals surface area contributed by atoms with Crippen LogP contribution in [0.1, 0.15) is 50.7 Å². The maximum atomic E-state index is 13.7. The van der Waals surface area contributed by atoms with E-state index in [4.69, 9.17) is 5.11 Å². The standard InChI is InChI=1S/C18H24FNO/c1-14-6-5-7-15(2)20(14)13-17-10-16(8-3-4-9-21)11-18(19)12-17/h10-12,14-15,21H,4-7,9,13H2,1-2H3/t14-,15+. The molecule has 2 rings (SSSR count). The van der Waals surface area contributed by atoms with Crippen LogP contribution in [0.25, 0.3) is 0 Å². The Morgan fingerprint density at radius 3 is 2.62 bits per heavy atom. The highest BCUT2D eigenvalue weighted by atomic mass is 19.1. The molecular weight excluding hydrogens is 265 g/mol. The Morgan fingerprint density at radius 2 is 1.95 bits per heavy atom. The lowest BCUT2D eigenvalue weighted by molar-refractivity contribution is 0.0951. The maximum Gasteiger partial charge on any atom is 0.124 e. The first-order valence-corrected chi connectivity index (χ1v) is 7.75. The molecule has 21 heavy (non-hydrogen) atoms. The largest absolute Gasteiger partial charge is 0.395 e. The molecule has 0 aromatic heterocycles. The number of aliphatic hydroxyl groups excluding tert-OH is 1. The Hall–Kier alpha value is -1.37. The SMILES string of the molecule is C[C@@H]1CCC[C@H](C)N1Cc1cc(F)cc(C#CCCO)c1. The predicted octanol–water partition coefficient (Wildman–Crippen LogP) is 3.32. The third-order valence-electron chi connectivity index (χ3n) is 4.17. The molecule has 0 unspecified atom stereocenters. The highest BCUT2D eigenvalue weighted by Crippen LogP contribution is 2.25. The summed E-state index contributed by atoms with van der Waals surface area (Å²) in [4.78, 5) is 2.45. The molecule has 0 spiro atoms. The summed E-state index contributed by atoms with van der Waals surface area (Å²) in [6, 6.07) is 6.10. The van der Waals surface area contributed by atoms with E-state index in [1.807, 2.05) is 6.07 Å². The van der Waals surface area contributed by atoms with Gasteiger partial charge >= 0.3 is 0 Å². The van der Waals surface area contributed by atoms with Crippen molar-refractivity contribution < 1.29 is 9.50 Å². The molecule has 3 heteroatoms. The van der Waals surface area contributed by atoms with Gasteiger partial charge in [0, 0.05) is 30.6 Å². The predicted molar refractivity (Wildman–Crippen MR) is 83.3 cm³/mol. The summed E-state index contributed by atoms with van der Waals surface area (Å²) >= 11 is 0. The molecule has 1 N–H and O–H groups in total. The fourth-order valence-electron chi connectivity index (χ4n) is 3.03. The number of piperidine rings is 1. The molecule has 1 fully saturated rings. The molecule has 1 aromatic rings. The molecule has 1 heterocycles. The monoisotopic (exact) mass is 289 g/mol. The lowest BCUT2D eigenvalue weighted by Gasteiger charge is -2.39. The van der Waals surface area contributed by atoms with Crippen molar-refractivity contribution in [2.45, 2.75) is 58.2 Å². The fraction of sp³-hybridized carbons (Fsp3) is 0.556. The van der Waals surface area contributed by atoms with Crippen LogP contribution in [0.5, 0.6) is 0 Å². The number of likely N-dealkylation sites (tertiary alicyclic amines) is 1. The number of rotatable bonds is 3. The van der Waals surface area contributed by atoms with Crippen molar-refractivity contribution in [3.63, 3.8) is 0 Å². The second-order valence-electron chi connectivity index (χ2n) is 5.92. The number of hydrogen-bond donors (Lipinski definition) is 1. The third kappa shape index (κ3) is 4.56. The van der Waals surface area contributed by atoms with E-state index in [1.165, 1.54) is 25.3 Å². The van der Waals surface area contributed by atoms with E-state index in [9.17, 15) is 4.39 Å². The van der Waals surface area contributed by atoms with Gasteiger partial charge in [-0.05, 0) is 50.5 Å². The molecule has 114 valence electrons. The summed E-state index contributed by atoms with van der Waals surface area (Å²) in [6.07, 6.45) is 4.12. The summed E-state index contributed by atoms with van der Waals surface area (Å²) in [7, 11) is 0. The number of halogens is 1. The Balaban J connectivity index is 2.14. The zero-order valence-corrected chi connectivity index (χ0v) is 12.9. The van der Waals surface area contributed by atoms with Crippen molar-refractivity contribution >= 4 is 0 Å². The first-order valence-electron chi connectivity index (χ1n) is 7.75. The van der Waals surface area contributed by atoms with Gasteiger partial charge in [0.2, 0.25) is 0 Å². The Bertz CT molecular complexity index is 522. The summed E-state index contributed by atoms with van der Waals surface area (Å²) in [5.41, 5.74) is 1.67. The number of aliphatic hydroxyl groups is 1. The lowest BCUT2D eigenvalue weighted by atomic mass is 9.96. The third-order valence-corrected chi connectivity index (χ3v) is 4.17. The van der Waals surface area contributed by atoms with Gasteiger partial charge in [-0.25, -0.2) is 4.39 Å². The lowest BCUT2D eigenvalue weighted by Crippen LogP contribution is -2.42. The van der Waals surface area contributed by atoms with Gasteiger partial charge in [0.1, 0.15) is 5.82 Å². The van der Waals surface area contributed by atoms with E-state index in [1.54, 1.807) is 6.07 Å². The molecule has 0 aliphatic carbocycles. The minimum Gasteiger partial charge on any atom is -0.395 e. The first kappa shape index (κ1) is 16.0. The van der Waals surface area contributed by atoms with Gasteiger partial charge in [-0.3, -0.25) is 4.90 Å². The van der Waals surface area contributed by atoms with Gasteiger partial charge in [0.15, 0.2) is 0 Å². The first-order chi connectivity index (χ1) is 10.1. The molecule has 0 amide bonds. The van der Waals surface area contributed by atoms with E-state index in [0.717, 1.165) is 12.1 Å². The minimum absolute atomic E-state index is 0.0397. The molecule has 0 saturated carbocycles. The fourth-order valence-corrected chi connectivity index (χ4v) is 3.03. The molecule has 1 aliphatic heterocycles. The van der Waals surface area contributed by atoms with Crippen LogP contribution in [0, 0.1) is 17.7 Å². The zero-order valence-electron chi connectivity index (χ0n) is 12.9. The van der Waals surface area contributed by atoms with Crippen LogP contribution in [0.15, 0.2) is 18.2 Å². The van der Waals surface area contributed by atoms with Crippen molar-refractivity contribution in [2.75, 3.05) is 6.61 Å². The Morgan fingerprint density at radius 1 is 1.24 bits per heavy atom. The normalized spacial score (nSPS) is 22.7. The molecule has 1 aliphatic rings. The van der Waals surface area contributed by atoms with Gasteiger partial charge < -0.3 is 5.11 Å². The maximum absolute atomic E-state index is 13.7. The molecule has 1 aromatic carbocycles. The van der Waals surface area contributed by atoms with Gasteiger partial charge in [-0.1, -0.05) is 18.3 Å². The summed E-state index contributed by atoms with van der Waals surface area (Å²) in [5.74, 6) is 5.53. The molecule has 2 nitrogen and oxygen atoms in total. The topological polar surface area (TPSA) is 23.5 Å². The average Bonchev–Trinajstić information content (AvgIpc) is 2.43. The Kier molecular flexibility index (Phi) is 5.78. The van der Waals surface area contributed by atoms with Crippen molar-refractivity contribution in [2.24, 2.45) is 0 Å². The Labute approximate surface area is 127 Å². The smallest absolute Gasteiger partial charge is 0.124 e. The van der Waals surface area contributed by atoms with Gasteiger partial charge in [-0.2, -0.15) is 0 Å². The number of nitrogens with zero attached hydrogens (tertiary/aromatic N) is 1. The van der Waals surface area contributed by atoms with E-state index in [2.05, 4.69) is 30.6 Å². The van der Waals surface area contributed by atoms with Crippen LogP contribution in [-0.2, 0) is 6.54 Å².